The van der Waals surface area contributed by atoms with E-state index < -0.39 is 0 Å². The quantitative estimate of drug-likeness (QED) is 0.743. The molecule has 3 heterocycles. The summed E-state index contributed by atoms with van der Waals surface area (Å²) >= 11 is 0. The molecule has 1 N–H and O–H groups in total. The van der Waals surface area contributed by atoms with E-state index in [0.717, 1.165) is 48.1 Å². The zero-order valence-electron chi connectivity index (χ0n) is 16.4. The number of nitrogens with zero attached hydrogens (tertiary/aromatic N) is 3. The number of fused-ring (bicyclic) bond motifs is 1. The van der Waals surface area contributed by atoms with Gasteiger partial charge in [-0.1, -0.05) is 17.3 Å². The number of nitrogens with one attached hydrogen (secondary N) is 1. The molecule has 2 aromatic heterocycles. The van der Waals surface area contributed by atoms with Crippen molar-refractivity contribution in [3.05, 3.63) is 41.8 Å². The van der Waals surface area contributed by atoms with Gasteiger partial charge in [-0.2, -0.15) is 0 Å². The predicted octanol–water partition coefficient (Wildman–Crippen LogP) is 3.70. The van der Waals surface area contributed by atoms with Gasteiger partial charge < -0.3 is 19.5 Å². The number of aryl methyl sites for hydroxylation is 2. The number of rotatable bonds is 4. The maximum Gasteiger partial charge on any atom is 0.228 e. The lowest BCUT2D eigenvalue weighted by atomic mass is 9.94. The van der Waals surface area contributed by atoms with Gasteiger partial charge in [0, 0.05) is 36.7 Å². The highest BCUT2D eigenvalue weighted by Crippen LogP contribution is 2.35. The fourth-order valence-electron chi connectivity index (χ4n) is 3.88. The van der Waals surface area contributed by atoms with Crippen molar-refractivity contribution in [1.29, 1.82) is 0 Å². The number of piperidine rings is 1. The number of aromatic nitrogens is 2. The molecule has 28 heavy (non-hydrogen) atoms. The van der Waals surface area contributed by atoms with E-state index in [2.05, 4.69) is 33.3 Å². The number of para-hydroxylation sites is 1. The third kappa shape index (κ3) is 3.40. The minimum Gasteiger partial charge on any atom is -0.494 e. The van der Waals surface area contributed by atoms with Crippen LogP contribution in [0.3, 0.4) is 0 Å². The molecule has 146 valence electrons. The van der Waals surface area contributed by atoms with E-state index >= 15 is 0 Å². The Morgan fingerprint density at radius 3 is 2.75 bits per heavy atom. The summed E-state index contributed by atoms with van der Waals surface area (Å²) < 4.78 is 10.5. The molecule has 0 saturated carbocycles. The molecule has 4 rings (SSSR count). The second-order valence-corrected chi connectivity index (χ2v) is 7.22. The second kappa shape index (κ2) is 7.50. The van der Waals surface area contributed by atoms with Crippen molar-refractivity contribution in [2.45, 2.75) is 26.7 Å². The Morgan fingerprint density at radius 2 is 2.07 bits per heavy atom. The molecular formula is C21H24N4O3. The molecule has 1 amide bonds. The number of hydrogen-bond donors (Lipinski definition) is 1. The van der Waals surface area contributed by atoms with Crippen LogP contribution in [0, 0.1) is 19.8 Å². The van der Waals surface area contributed by atoms with Crippen molar-refractivity contribution in [2.24, 2.45) is 5.92 Å². The van der Waals surface area contributed by atoms with Crippen molar-refractivity contribution in [1.82, 2.24) is 10.1 Å². The topological polar surface area (TPSA) is 80.5 Å². The fraction of sp³-hybridized carbons (Fsp3) is 0.381. The number of ether oxygens (including phenoxy) is 1. The molecule has 0 aliphatic carbocycles. The molecule has 1 fully saturated rings. The number of hydrogen-bond acceptors (Lipinski definition) is 6. The fourth-order valence-corrected chi connectivity index (χ4v) is 3.88. The molecule has 0 spiro atoms. The van der Waals surface area contributed by atoms with Gasteiger partial charge in [0.15, 0.2) is 5.82 Å². The third-order valence-electron chi connectivity index (χ3n) is 5.30. The zero-order valence-corrected chi connectivity index (χ0v) is 16.4. The van der Waals surface area contributed by atoms with Crippen LogP contribution in [-0.2, 0) is 4.79 Å². The summed E-state index contributed by atoms with van der Waals surface area (Å²) in [6.45, 7) is 5.50. The SMILES string of the molecule is COc1cccc2c(N3CCC(C(=O)Nc4cc(C)on4)CC3)c(C)cnc12. The van der Waals surface area contributed by atoms with Gasteiger partial charge in [-0.15, -0.1) is 0 Å². The van der Waals surface area contributed by atoms with E-state index in [9.17, 15) is 4.79 Å². The first-order valence-electron chi connectivity index (χ1n) is 9.48. The van der Waals surface area contributed by atoms with E-state index in [1.807, 2.05) is 18.3 Å². The Labute approximate surface area is 163 Å². The normalized spacial score (nSPS) is 15.0. The maximum atomic E-state index is 12.5. The van der Waals surface area contributed by atoms with Crippen LogP contribution in [-0.4, -0.2) is 36.2 Å². The minimum atomic E-state index is -0.0313. The van der Waals surface area contributed by atoms with Gasteiger partial charge >= 0.3 is 0 Å². The molecule has 0 atom stereocenters. The van der Waals surface area contributed by atoms with Crippen LogP contribution in [0.15, 0.2) is 35.0 Å². The Morgan fingerprint density at radius 1 is 1.29 bits per heavy atom. The van der Waals surface area contributed by atoms with Crippen LogP contribution in [0.5, 0.6) is 5.75 Å². The Bertz CT molecular complexity index is 1010. The number of anilines is 2. The summed E-state index contributed by atoms with van der Waals surface area (Å²) in [6, 6.07) is 7.73. The van der Waals surface area contributed by atoms with E-state index in [0.29, 0.717) is 11.6 Å². The highest BCUT2D eigenvalue weighted by Gasteiger charge is 2.27. The van der Waals surface area contributed by atoms with Crippen molar-refractivity contribution in [3.8, 4) is 5.75 Å². The molecule has 1 aromatic carbocycles. The van der Waals surface area contributed by atoms with Gasteiger partial charge in [0.2, 0.25) is 5.91 Å². The van der Waals surface area contributed by atoms with Crippen LogP contribution in [0.25, 0.3) is 10.9 Å². The molecule has 1 aliphatic rings. The first-order chi connectivity index (χ1) is 13.6. The third-order valence-corrected chi connectivity index (χ3v) is 5.30. The van der Waals surface area contributed by atoms with E-state index in [1.165, 1.54) is 5.69 Å². The van der Waals surface area contributed by atoms with Crippen molar-refractivity contribution in [3.63, 3.8) is 0 Å². The monoisotopic (exact) mass is 380 g/mol. The molecule has 1 aliphatic heterocycles. The minimum absolute atomic E-state index is 0.00549. The molecule has 0 radical (unpaired) electrons. The Kier molecular flexibility index (Phi) is 4.90. The van der Waals surface area contributed by atoms with Crippen molar-refractivity contribution in [2.75, 3.05) is 30.4 Å². The average molecular weight is 380 g/mol. The maximum absolute atomic E-state index is 12.5. The molecule has 0 unspecified atom stereocenters. The lowest BCUT2D eigenvalue weighted by molar-refractivity contribution is -0.120. The van der Waals surface area contributed by atoms with E-state index in [-0.39, 0.29) is 11.8 Å². The van der Waals surface area contributed by atoms with Crippen molar-refractivity contribution >= 4 is 28.3 Å². The van der Waals surface area contributed by atoms with E-state index in [4.69, 9.17) is 9.26 Å². The summed E-state index contributed by atoms with van der Waals surface area (Å²) in [6.07, 6.45) is 3.47. The number of carbonyl (C=O) groups is 1. The lowest BCUT2D eigenvalue weighted by Crippen LogP contribution is -2.38. The largest absolute Gasteiger partial charge is 0.494 e. The number of benzene rings is 1. The average Bonchev–Trinajstić information content (AvgIpc) is 3.12. The summed E-state index contributed by atoms with van der Waals surface area (Å²) in [5.41, 5.74) is 3.17. The Balaban J connectivity index is 1.51. The molecule has 1 saturated heterocycles. The number of amides is 1. The molecule has 3 aromatic rings. The van der Waals surface area contributed by atoms with Gasteiger partial charge in [-0.25, -0.2) is 0 Å². The molecular weight excluding hydrogens is 356 g/mol. The first-order valence-corrected chi connectivity index (χ1v) is 9.48. The van der Waals surface area contributed by atoms with Crippen molar-refractivity contribution < 1.29 is 14.1 Å². The zero-order chi connectivity index (χ0) is 19.7. The first kappa shape index (κ1) is 18.3. The van der Waals surface area contributed by atoms with Gasteiger partial charge in [-0.3, -0.25) is 9.78 Å². The number of carbonyl (C=O) groups excluding carboxylic acids is 1. The second-order valence-electron chi connectivity index (χ2n) is 7.22. The molecule has 7 heteroatoms. The van der Waals surface area contributed by atoms with Crippen LogP contribution in [0.2, 0.25) is 0 Å². The predicted molar refractivity (Wildman–Crippen MR) is 108 cm³/mol. The van der Waals surface area contributed by atoms with Crippen LogP contribution < -0.4 is 15.0 Å². The van der Waals surface area contributed by atoms with Crippen LogP contribution in [0.1, 0.15) is 24.2 Å². The summed E-state index contributed by atoms with van der Waals surface area (Å²) in [5.74, 6) is 1.91. The standard InChI is InChI=1S/C21H24N4O3/c1-13-12-22-19-16(5-4-6-17(19)27-3)20(13)25-9-7-15(8-10-25)21(26)23-18-11-14(2)28-24-18/h4-6,11-12,15H,7-10H2,1-3H3,(H,23,24,26). The summed E-state index contributed by atoms with van der Waals surface area (Å²) in [4.78, 5) is 19.5. The van der Waals surface area contributed by atoms with E-state index in [1.54, 1.807) is 20.1 Å². The summed E-state index contributed by atoms with van der Waals surface area (Å²) in [7, 11) is 1.66. The summed E-state index contributed by atoms with van der Waals surface area (Å²) in [5, 5.41) is 7.78. The highest BCUT2D eigenvalue weighted by atomic mass is 16.5. The van der Waals surface area contributed by atoms with Gasteiger partial charge in [0.05, 0.1) is 12.8 Å². The van der Waals surface area contributed by atoms with Gasteiger partial charge in [-0.05, 0) is 38.3 Å². The lowest BCUT2D eigenvalue weighted by Gasteiger charge is -2.34. The number of methoxy groups -OCH3 is 1. The van der Waals surface area contributed by atoms with Gasteiger partial charge in [0.25, 0.3) is 0 Å². The highest BCUT2D eigenvalue weighted by molar-refractivity contribution is 5.97. The Hall–Kier alpha value is -3.09. The number of pyridine rings is 1. The van der Waals surface area contributed by atoms with Crippen LogP contribution >= 0.6 is 0 Å². The van der Waals surface area contributed by atoms with Crippen LogP contribution in [0.4, 0.5) is 11.5 Å². The smallest absolute Gasteiger partial charge is 0.228 e. The molecule has 0 bridgehead atoms. The van der Waals surface area contributed by atoms with Gasteiger partial charge in [0.1, 0.15) is 17.0 Å². The molecule has 7 nitrogen and oxygen atoms in total.